The summed E-state index contributed by atoms with van der Waals surface area (Å²) in [6.07, 6.45) is 0.845. The molecule has 0 fully saturated rings. The molecule has 0 aliphatic rings. The van der Waals surface area contributed by atoms with Crippen LogP contribution in [0.2, 0.25) is 0 Å². The zero-order chi connectivity index (χ0) is 17.8. The Kier molecular flexibility index (Phi) is 5.04. The van der Waals surface area contributed by atoms with Crippen LogP contribution in [0.25, 0.3) is 10.9 Å². The van der Waals surface area contributed by atoms with Gasteiger partial charge < -0.3 is 9.72 Å². The van der Waals surface area contributed by atoms with Crippen molar-refractivity contribution in [3.8, 4) is 5.75 Å². The molecular weight excluding hydrogens is 386 g/mol. The lowest BCUT2D eigenvalue weighted by molar-refractivity contribution is -0.128. The number of aromatic amines is 1. The Hall–Kier alpha value is -2.80. The molecule has 0 aliphatic heterocycles. The number of H-pyrrole nitrogens is 1. The summed E-state index contributed by atoms with van der Waals surface area (Å²) in [6.45, 7) is 1.61. The van der Waals surface area contributed by atoms with E-state index in [4.69, 9.17) is 4.74 Å². The first-order chi connectivity index (χ1) is 12.0. The predicted octanol–water partition coefficient (Wildman–Crippen LogP) is 3.16. The highest BCUT2D eigenvalue weighted by Crippen LogP contribution is 2.18. The van der Waals surface area contributed by atoms with Crippen molar-refractivity contribution in [2.24, 2.45) is 0 Å². The number of carbonyl (C=O) groups is 2. The lowest BCUT2D eigenvalue weighted by Gasteiger charge is -2.15. The molecule has 0 saturated heterocycles. The van der Waals surface area contributed by atoms with E-state index in [1.54, 1.807) is 25.3 Å². The van der Waals surface area contributed by atoms with E-state index in [0.717, 1.165) is 15.4 Å². The SMILES string of the molecule is CC(Oc1ccc(Br)cc1)C(=O)NNC(=O)c1c[nH]c2ccccc12. The average Bonchev–Trinajstić information content (AvgIpc) is 3.05. The molecule has 25 heavy (non-hydrogen) atoms. The van der Waals surface area contributed by atoms with Gasteiger partial charge in [-0.25, -0.2) is 0 Å². The largest absolute Gasteiger partial charge is 0.481 e. The second-order valence-corrected chi connectivity index (χ2v) is 6.32. The Labute approximate surface area is 152 Å². The number of aromatic nitrogens is 1. The van der Waals surface area contributed by atoms with E-state index in [9.17, 15) is 9.59 Å². The van der Waals surface area contributed by atoms with E-state index in [2.05, 4.69) is 31.8 Å². The van der Waals surface area contributed by atoms with Gasteiger partial charge in [0.15, 0.2) is 6.10 Å². The van der Waals surface area contributed by atoms with Crippen LogP contribution in [0.3, 0.4) is 0 Å². The van der Waals surface area contributed by atoms with Crippen molar-refractivity contribution in [3.05, 3.63) is 64.8 Å². The summed E-state index contributed by atoms with van der Waals surface area (Å²) in [4.78, 5) is 27.3. The Morgan fingerprint density at radius 2 is 1.80 bits per heavy atom. The molecule has 7 heteroatoms. The van der Waals surface area contributed by atoms with E-state index in [0.29, 0.717) is 11.3 Å². The third kappa shape index (κ3) is 4.00. The number of nitrogens with one attached hydrogen (secondary N) is 3. The van der Waals surface area contributed by atoms with Gasteiger partial charge in [-0.2, -0.15) is 0 Å². The van der Waals surface area contributed by atoms with Crippen molar-refractivity contribution < 1.29 is 14.3 Å². The van der Waals surface area contributed by atoms with Crippen molar-refractivity contribution in [2.45, 2.75) is 13.0 Å². The fraction of sp³-hybridized carbons (Fsp3) is 0.111. The maximum Gasteiger partial charge on any atom is 0.279 e. The molecule has 6 nitrogen and oxygen atoms in total. The molecule has 3 aromatic rings. The molecule has 3 N–H and O–H groups in total. The fourth-order valence-electron chi connectivity index (χ4n) is 2.32. The van der Waals surface area contributed by atoms with Gasteiger partial charge in [0.1, 0.15) is 5.75 Å². The van der Waals surface area contributed by atoms with Gasteiger partial charge in [-0.15, -0.1) is 0 Å². The topological polar surface area (TPSA) is 83.2 Å². The monoisotopic (exact) mass is 401 g/mol. The number of para-hydroxylation sites is 1. The molecule has 128 valence electrons. The molecule has 0 aliphatic carbocycles. The fourth-order valence-corrected chi connectivity index (χ4v) is 2.58. The number of fused-ring (bicyclic) bond motifs is 1. The molecule has 0 spiro atoms. The van der Waals surface area contributed by atoms with Crippen molar-refractivity contribution in [1.82, 2.24) is 15.8 Å². The van der Waals surface area contributed by atoms with E-state index in [1.165, 1.54) is 0 Å². The highest BCUT2D eigenvalue weighted by Gasteiger charge is 2.17. The zero-order valence-electron chi connectivity index (χ0n) is 13.4. The van der Waals surface area contributed by atoms with Crippen LogP contribution in [0.15, 0.2) is 59.2 Å². The Morgan fingerprint density at radius 1 is 1.08 bits per heavy atom. The van der Waals surface area contributed by atoms with Crippen LogP contribution in [0.1, 0.15) is 17.3 Å². The summed E-state index contributed by atoms with van der Waals surface area (Å²) >= 11 is 3.33. The quantitative estimate of drug-likeness (QED) is 0.587. The maximum absolute atomic E-state index is 12.3. The minimum atomic E-state index is -0.760. The van der Waals surface area contributed by atoms with Crippen LogP contribution in [-0.2, 0) is 4.79 Å². The number of rotatable bonds is 4. The van der Waals surface area contributed by atoms with Crippen LogP contribution < -0.4 is 15.6 Å². The molecular formula is C18H16BrN3O3. The van der Waals surface area contributed by atoms with Gasteiger partial charge in [-0.3, -0.25) is 20.4 Å². The smallest absolute Gasteiger partial charge is 0.279 e. The van der Waals surface area contributed by atoms with Gasteiger partial charge >= 0.3 is 0 Å². The van der Waals surface area contributed by atoms with E-state index in [1.807, 2.05) is 36.4 Å². The van der Waals surface area contributed by atoms with Gasteiger partial charge in [0.05, 0.1) is 5.56 Å². The van der Waals surface area contributed by atoms with Crippen LogP contribution >= 0.6 is 15.9 Å². The summed E-state index contributed by atoms with van der Waals surface area (Å²) in [5, 5.41) is 0.786. The van der Waals surface area contributed by atoms with Crippen molar-refractivity contribution in [3.63, 3.8) is 0 Å². The van der Waals surface area contributed by atoms with Gasteiger partial charge in [-0.05, 0) is 37.3 Å². The normalized spacial score (nSPS) is 11.8. The second-order valence-electron chi connectivity index (χ2n) is 5.41. The second kappa shape index (κ2) is 7.40. The summed E-state index contributed by atoms with van der Waals surface area (Å²) in [5.74, 6) is -0.286. The minimum Gasteiger partial charge on any atom is -0.481 e. The third-order valence-electron chi connectivity index (χ3n) is 3.63. The first-order valence-electron chi connectivity index (χ1n) is 7.63. The van der Waals surface area contributed by atoms with Crippen molar-refractivity contribution in [1.29, 1.82) is 0 Å². The van der Waals surface area contributed by atoms with Crippen LogP contribution in [0, 0.1) is 0 Å². The highest BCUT2D eigenvalue weighted by molar-refractivity contribution is 9.10. The van der Waals surface area contributed by atoms with Crippen molar-refractivity contribution in [2.75, 3.05) is 0 Å². The number of ether oxygens (including phenoxy) is 1. The summed E-state index contributed by atoms with van der Waals surface area (Å²) < 4.78 is 6.45. The zero-order valence-corrected chi connectivity index (χ0v) is 15.0. The number of hydrogen-bond acceptors (Lipinski definition) is 3. The lowest BCUT2D eigenvalue weighted by Crippen LogP contribution is -2.47. The summed E-state index contributed by atoms with van der Waals surface area (Å²) in [7, 11) is 0. The van der Waals surface area contributed by atoms with Gasteiger partial charge in [0.2, 0.25) is 0 Å². The van der Waals surface area contributed by atoms with Gasteiger partial charge in [0.25, 0.3) is 11.8 Å². The minimum absolute atomic E-state index is 0.401. The molecule has 1 aromatic heterocycles. The number of carbonyl (C=O) groups excluding carboxylic acids is 2. The first-order valence-corrected chi connectivity index (χ1v) is 8.42. The first kappa shape index (κ1) is 17.0. The molecule has 2 amide bonds. The molecule has 0 bridgehead atoms. The maximum atomic E-state index is 12.3. The Balaban J connectivity index is 1.57. The standard InChI is InChI=1S/C18H16BrN3O3/c1-11(25-13-8-6-12(19)7-9-13)17(23)21-22-18(24)15-10-20-16-5-3-2-4-14(15)16/h2-11,20H,1H3,(H,21,23)(H,22,24). The number of hydrogen-bond donors (Lipinski definition) is 3. The predicted molar refractivity (Wildman–Crippen MR) is 98.1 cm³/mol. The molecule has 0 saturated carbocycles. The van der Waals surface area contributed by atoms with E-state index < -0.39 is 17.9 Å². The average molecular weight is 402 g/mol. The molecule has 1 heterocycles. The highest BCUT2D eigenvalue weighted by atomic mass is 79.9. The Morgan fingerprint density at radius 3 is 2.56 bits per heavy atom. The van der Waals surface area contributed by atoms with E-state index in [-0.39, 0.29) is 0 Å². The third-order valence-corrected chi connectivity index (χ3v) is 4.16. The van der Waals surface area contributed by atoms with Crippen LogP contribution in [0.5, 0.6) is 5.75 Å². The molecule has 1 unspecified atom stereocenters. The van der Waals surface area contributed by atoms with Crippen LogP contribution in [0.4, 0.5) is 0 Å². The molecule has 1 atom stereocenters. The lowest BCUT2D eigenvalue weighted by atomic mass is 10.2. The Bertz CT molecular complexity index is 905. The summed E-state index contributed by atoms with van der Waals surface area (Å²) in [6, 6.07) is 14.6. The molecule has 3 rings (SSSR count). The number of halogens is 1. The number of hydrazine groups is 1. The van der Waals surface area contributed by atoms with E-state index >= 15 is 0 Å². The summed E-state index contributed by atoms with van der Waals surface area (Å²) in [5.41, 5.74) is 6.10. The van der Waals surface area contributed by atoms with Gasteiger partial charge in [-0.1, -0.05) is 34.1 Å². The van der Waals surface area contributed by atoms with Crippen molar-refractivity contribution >= 4 is 38.6 Å². The number of benzene rings is 2. The molecule has 2 aromatic carbocycles. The van der Waals surface area contributed by atoms with Gasteiger partial charge in [0, 0.05) is 21.6 Å². The molecule has 0 radical (unpaired) electrons. The van der Waals surface area contributed by atoms with Crippen LogP contribution in [-0.4, -0.2) is 22.9 Å². The number of amides is 2.